The molecule has 0 amide bonds. The Labute approximate surface area is 103 Å². The van der Waals surface area contributed by atoms with Crippen LogP contribution in [-0.2, 0) is 6.42 Å². The smallest absolute Gasteiger partial charge is 0.263 e. The molecular formula is C13H15F4N. The Morgan fingerprint density at radius 3 is 2.61 bits per heavy atom. The van der Waals surface area contributed by atoms with E-state index in [0.717, 1.165) is 31.9 Å². The molecule has 1 saturated heterocycles. The standard InChI is InChI=1S/C13H15F4N/c14-11-7-9(13(16)17)5-8(12(11)15)6-10-3-1-2-4-18-10/h5,7,10,13,18H,1-4,6H2. The molecule has 1 aliphatic rings. The van der Waals surface area contributed by atoms with Crippen molar-refractivity contribution >= 4 is 0 Å². The summed E-state index contributed by atoms with van der Waals surface area (Å²) in [5.74, 6) is -2.20. The summed E-state index contributed by atoms with van der Waals surface area (Å²) in [6.45, 7) is 0.837. The number of nitrogens with one attached hydrogen (secondary N) is 1. The zero-order valence-electron chi connectivity index (χ0n) is 9.86. The van der Waals surface area contributed by atoms with Gasteiger partial charge in [0.25, 0.3) is 6.43 Å². The average Bonchev–Trinajstić information content (AvgIpc) is 2.35. The van der Waals surface area contributed by atoms with Gasteiger partial charge in [-0.2, -0.15) is 0 Å². The topological polar surface area (TPSA) is 12.0 Å². The Morgan fingerprint density at radius 2 is 2.00 bits per heavy atom. The first-order valence-electron chi connectivity index (χ1n) is 6.07. The maximum Gasteiger partial charge on any atom is 0.263 e. The van der Waals surface area contributed by atoms with Crippen LogP contribution >= 0.6 is 0 Å². The third-order valence-electron chi connectivity index (χ3n) is 3.26. The van der Waals surface area contributed by atoms with Gasteiger partial charge >= 0.3 is 0 Å². The number of halogens is 4. The molecule has 0 spiro atoms. The molecule has 1 unspecified atom stereocenters. The molecule has 1 aliphatic heterocycles. The predicted octanol–water partition coefficient (Wildman–Crippen LogP) is 3.59. The average molecular weight is 261 g/mol. The highest BCUT2D eigenvalue weighted by atomic mass is 19.3. The molecule has 1 N–H and O–H groups in total. The Bertz CT molecular complexity index is 414. The summed E-state index contributed by atoms with van der Waals surface area (Å²) in [7, 11) is 0. The summed E-state index contributed by atoms with van der Waals surface area (Å²) in [5.41, 5.74) is -0.426. The van der Waals surface area contributed by atoms with Gasteiger partial charge in [0.2, 0.25) is 0 Å². The molecule has 0 saturated carbocycles. The number of benzene rings is 1. The molecule has 5 heteroatoms. The van der Waals surface area contributed by atoms with E-state index >= 15 is 0 Å². The van der Waals surface area contributed by atoms with Crippen molar-refractivity contribution in [2.24, 2.45) is 0 Å². The molecule has 1 aromatic rings. The van der Waals surface area contributed by atoms with Gasteiger partial charge in [-0.05, 0) is 43.5 Å². The number of hydrogen-bond donors (Lipinski definition) is 1. The lowest BCUT2D eigenvalue weighted by molar-refractivity contribution is 0.150. The molecule has 100 valence electrons. The SMILES string of the molecule is Fc1cc(C(F)F)cc(CC2CCCCN2)c1F. The second-order valence-electron chi connectivity index (χ2n) is 4.63. The Kier molecular flexibility index (Phi) is 4.22. The molecule has 1 fully saturated rings. The fraction of sp³-hybridized carbons (Fsp3) is 0.538. The van der Waals surface area contributed by atoms with Crippen molar-refractivity contribution in [3.63, 3.8) is 0 Å². The van der Waals surface area contributed by atoms with Crippen LogP contribution < -0.4 is 5.32 Å². The van der Waals surface area contributed by atoms with E-state index in [1.54, 1.807) is 0 Å². The monoisotopic (exact) mass is 261 g/mol. The van der Waals surface area contributed by atoms with Gasteiger partial charge in [0, 0.05) is 11.6 Å². The first-order valence-corrected chi connectivity index (χ1v) is 6.07. The zero-order valence-corrected chi connectivity index (χ0v) is 9.86. The molecule has 1 nitrogen and oxygen atoms in total. The molecule has 0 aliphatic carbocycles. The molecule has 0 aromatic heterocycles. The normalized spacial score (nSPS) is 20.4. The van der Waals surface area contributed by atoms with E-state index in [0.29, 0.717) is 6.07 Å². The predicted molar refractivity (Wildman–Crippen MR) is 60.7 cm³/mol. The highest BCUT2D eigenvalue weighted by Crippen LogP contribution is 2.25. The van der Waals surface area contributed by atoms with Crippen molar-refractivity contribution in [3.8, 4) is 0 Å². The van der Waals surface area contributed by atoms with Crippen LogP contribution in [0, 0.1) is 11.6 Å². The van der Waals surface area contributed by atoms with Crippen molar-refractivity contribution < 1.29 is 17.6 Å². The lowest BCUT2D eigenvalue weighted by Gasteiger charge is -2.23. The molecule has 1 atom stereocenters. The van der Waals surface area contributed by atoms with Gasteiger partial charge in [-0.3, -0.25) is 0 Å². The van der Waals surface area contributed by atoms with E-state index in [9.17, 15) is 17.6 Å². The van der Waals surface area contributed by atoms with Crippen molar-refractivity contribution in [3.05, 3.63) is 34.9 Å². The van der Waals surface area contributed by atoms with E-state index in [-0.39, 0.29) is 18.0 Å². The Morgan fingerprint density at radius 1 is 1.22 bits per heavy atom. The molecule has 1 aromatic carbocycles. The summed E-state index contributed by atoms with van der Waals surface area (Å²) in [6.07, 6.45) is 0.419. The van der Waals surface area contributed by atoms with Gasteiger partial charge in [0.15, 0.2) is 11.6 Å². The summed E-state index contributed by atoms with van der Waals surface area (Å²) in [4.78, 5) is 0. The number of hydrogen-bond acceptors (Lipinski definition) is 1. The highest BCUT2D eigenvalue weighted by Gasteiger charge is 2.20. The molecule has 0 radical (unpaired) electrons. The molecule has 0 bridgehead atoms. The summed E-state index contributed by atoms with van der Waals surface area (Å²) in [6, 6.07) is 1.68. The minimum atomic E-state index is -2.78. The van der Waals surface area contributed by atoms with Crippen molar-refractivity contribution in [1.82, 2.24) is 5.32 Å². The minimum Gasteiger partial charge on any atom is -0.314 e. The third kappa shape index (κ3) is 3.02. The van der Waals surface area contributed by atoms with Gasteiger partial charge in [-0.1, -0.05) is 6.42 Å². The quantitative estimate of drug-likeness (QED) is 0.820. The first kappa shape index (κ1) is 13.3. The summed E-state index contributed by atoms with van der Waals surface area (Å²) in [5, 5.41) is 3.19. The van der Waals surface area contributed by atoms with Gasteiger partial charge in [0.05, 0.1) is 0 Å². The second kappa shape index (κ2) is 5.69. The zero-order chi connectivity index (χ0) is 13.1. The lowest BCUT2D eigenvalue weighted by atomic mass is 9.96. The van der Waals surface area contributed by atoms with Crippen LogP contribution in [0.15, 0.2) is 12.1 Å². The minimum absolute atomic E-state index is 0.0321. The fourth-order valence-corrected chi connectivity index (χ4v) is 2.31. The highest BCUT2D eigenvalue weighted by molar-refractivity contribution is 5.28. The van der Waals surface area contributed by atoms with Gasteiger partial charge in [-0.25, -0.2) is 17.6 Å². The van der Waals surface area contributed by atoms with Crippen LogP contribution in [0.1, 0.15) is 36.8 Å². The Balaban J connectivity index is 2.19. The van der Waals surface area contributed by atoms with E-state index in [2.05, 4.69) is 5.32 Å². The maximum absolute atomic E-state index is 13.6. The molecule has 2 rings (SSSR count). The van der Waals surface area contributed by atoms with Gasteiger partial charge < -0.3 is 5.32 Å². The summed E-state index contributed by atoms with van der Waals surface area (Å²) < 4.78 is 51.8. The molecule has 1 heterocycles. The van der Waals surface area contributed by atoms with Gasteiger partial charge in [0.1, 0.15) is 0 Å². The third-order valence-corrected chi connectivity index (χ3v) is 3.26. The second-order valence-corrected chi connectivity index (χ2v) is 4.63. The first-order chi connectivity index (χ1) is 8.58. The fourth-order valence-electron chi connectivity index (χ4n) is 2.31. The van der Waals surface area contributed by atoms with Crippen molar-refractivity contribution in [2.45, 2.75) is 38.2 Å². The van der Waals surface area contributed by atoms with Gasteiger partial charge in [-0.15, -0.1) is 0 Å². The largest absolute Gasteiger partial charge is 0.314 e. The van der Waals surface area contributed by atoms with Crippen molar-refractivity contribution in [2.75, 3.05) is 6.54 Å². The van der Waals surface area contributed by atoms with E-state index in [1.165, 1.54) is 0 Å². The van der Waals surface area contributed by atoms with Crippen LogP contribution in [0.4, 0.5) is 17.6 Å². The lowest BCUT2D eigenvalue weighted by Crippen LogP contribution is -2.35. The van der Waals surface area contributed by atoms with E-state index < -0.39 is 23.6 Å². The Hall–Kier alpha value is -1.10. The van der Waals surface area contributed by atoms with Crippen LogP contribution in [0.2, 0.25) is 0 Å². The molecule has 18 heavy (non-hydrogen) atoms. The van der Waals surface area contributed by atoms with E-state index in [1.807, 2.05) is 0 Å². The van der Waals surface area contributed by atoms with Crippen LogP contribution in [0.5, 0.6) is 0 Å². The van der Waals surface area contributed by atoms with E-state index in [4.69, 9.17) is 0 Å². The number of alkyl halides is 2. The maximum atomic E-state index is 13.6. The summed E-state index contributed by atoms with van der Waals surface area (Å²) >= 11 is 0. The molecular weight excluding hydrogens is 246 g/mol. The van der Waals surface area contributed by atoms with Crippen LogP contribution in [0.25, 0.3) is 0 Å². The van der Waals surface area contributed by atoms with Crippen molar-refractivity contribution in [1.29, 1.82) is 0 Å². The van der Waals surface area contributed by atoms with Crippen LogP contribution in [0.3, 0.4) is 0 Å². The number of piperidine rings is 1. The number of rotatable bonds is 3. The van der Waals surface area contributed by atoms with Crippen LogP contribution in [-0.4, -0.2) is 12.6 Å².